The molecule has 0 N–H and O–H groups in total. The number of ketones is 2. The van der Waals surface area contributed by atoms with Crippen molar-refractivity contribution in [2.24, 2.45) is 28.6 Å². The number of fused-ring (bicyclic) bond motifs is 3. The Morgan fingerprint density at radius 3 is 2.62 bits per heavy atom. The Bertz CT molecular complexity index is 572. The van der Waals surface area contributed by atoms with Crippen LogP contribution in [0.5, 0.6) is 0 Å². The van der Waals surface area contributed by atoms with E-state index in [2.05, 4.69) is 0 Å². The van der Waals surface area contributed by atoms with Gasteiger partial charge in [-0.15, -0.1) is 0 Å². The molecule has 0 radical (unpaired) electrons. The van der Waals surface area contributed by atoms with Gasteiger partial charge in [0.15, 0.2) is 5.78 Å². The first-order chi connectivity index (χ1) is 11.4. The first-order valence-electron chi connectivity index (χ1n) is 9.02. The van der Waals surface area contributed by atoms with E-state index in [4.69, 9.17) is 4.74 Å². The first-order valence-corrected chi connectivity index (χ1v) is 9.02. The highest BCUT2D eigenvalue weighted by molar-refractivity contribution is 6.07. The minimum Gasteiger partial charge on any atom is -0.468 e. The molecule has 0 spiro atoms. The van der Waals surface area contributed by atoms with Gasteiger partial charge in [0.05, 0.1) is 7.11 Å². The van der Waals surface area contributed by atoms with E-state index in [1.165, 1.54) is 7.11 Å². The van der Waals surface area contributed by atoms with Gasteiger partial charge >= 0.3 is 5.97 Å². The third kappa shape index (κ3) is 2.06. The highest BCUT2D eigenvalue weighted by atomic mass is 16.5. The van der Waals surface area contributed by atoms with Gasteiger partial charge in [-0.2, -0.15) is 0 Å². The maximum atomic E-state index is 13.1. The third-order valence-corrected chi connectivity index (χ3v) is 7.17. The van der Waals surface area contributed by atoms with Gasteiger partial charge in [-0.1, -0.05) is 13.3 Å². The number of methoxy groups -OCH3 is 1. The summed E-state index contributed by atoms with van der Waals surface area (Å²) < 4.78 is 5.10. The predicted octanol–water partition coefficient (Wildman–Crippen LogP) is 2.50. The summed E-state index contributed by atoms with van der Waals surface area (Å²) in [6.07, 6.45) is 5.58. The van der Waals surface area contributed by atoms with Gasteiger partial charge in [0, 0.05) is 24.7 Å². The fourth-order valence-electron chi connectivity index (χ4n) is 6.00. The fourth-order valence-corrected chi connectivity index (χ4v) is 6.00. The summed E-state index contributed by atoms with van der Waals surface area (Å²) in [7, 11) is 1.33. The summed E-state index contributed by atoms with van der Waals surface area (Å²) in [5, 5.41) is 0. The van der Waals surface area contributed by atoms with E-state index in [1.54, 1.807) is 0 Å². The summed E-state index contributed by atoms with van der Waals surface area (Å²) in [5.41, 5.74) is -1.96. The van der Waals surface area contributed by atoms with E-state index in [1.807, 2.05) is 6.92 Å². The van der Waals surface area contributed by atoms with Crippen molar-refractivity contribution in [1.29, 1.82) is 0 Å². The van der Waals surface area contributed by atoms with Crippen LogP contribution in [0.2, 0.25) is 0 Å². The fraction of sp³-hybridized carbons (Fsp3) is 0.789. The topological polar surface area (TPSA) is 77.5 Å². The van der Waals surface area contributed by atoms with E-state index in [0.717, 1.165) is 32.0 Å². The lowest BCUT2D eigenvalue weighted by atomic mass is 9.41. The Morgan fingerprint density at radius 1 is 1.21 bits per heavy atom. The van der Waals surface area contributed by atoms with E-state index < -0.39 is 16.8 Å². The molecule has 0 bridgehead atoms. The molecule has 3 aliphatic rings. The van der Waals surface area contributed by atoms with Gasteiger partial charge in [0.1, 0.15) is 17.5 Å². The molecule has 5 nitrogen and oxygen atoms in total. The summed E-state index contributed by atoms with van der Waals surface area (Å²) >= 11 is 0. The molecule has 132 valence electrons. The quantitative estimate of drug-likeness (QED) is 0.450. The van der Waals surface area contributed by atoms with E-state index in [-0.39, 0.29) is 35.7 Å². The standard InChI is InChI=1S/C19H26O5/c1-18-12(9-10-20)5-3-7-14(18)19(17(23)24-2)13(11-16(18)22)6-4-8-15(19)21/h10,12-14H,3-9,11H2,1-2H3/t12-,13+,14+,18-,19-/m0/s1. The molecular formula is C19H26O5. The van der Waals surface area contributed by atoms with Crippen molar-refractivity contribution in [2.45, 2.75) is 58.3 Å². The molecule has 0 aromatic carbocycles. The largest absolute Gasteiger partial charge is 0.468 e. The van der Waals surface area contributed by atoms with Crippen LogP contribution in [0.15, 0.2) is 0 Å². The van der Waals surface area contributed by atoms with Gasteiger partial charge in [-0.25, -0.2) is 0 Å². The average Bonchev–Trinajstić information content (AvgIpc) is 2.56. The lowest BCUT2D eigenvalue weighted by Crippen LogP contribution is -2.66. The summed E-state index contributed by atoms with van der Waals surface area (Å²) in [4.78, 5) is 50.1. The van der Waals surface area contributed by atoms with Gasteiger partial charge in [-0.3, -0.25) is 14.4 Å². The number of hydrogen-bond acceptors (Lipinski definition) is 5. The third-order valence-electron chi connectivity index (χ3n) is 7.17. The number of rotatable bonds is 3. The molecule has 5 atom stereocenters. The van der Waals surface area contributed by atoms with Crippen molar-refractivity contribution in [3.63, 3.8) is 0 Å². The molecule has 0 aromatic rings. The van der Waals surface area contributed by atoms with Crippen LogP contribution in [0.3, 0.4) is 0 Å². The first kappa shape index (κ1) is 17.3. The van der Waals surface area contributed by atoms with Crippen molar-refractivity contribution in [2.75, 3.05) is 7.11 Å². The molecule has 0 aliphatic heterocycles. The number of ether oxygens (including phenoxy) is 1. The molecule has 0 aromatic heterocycles. The van der Waals surface area contributed by atoms with Crippen LogP contribution in [0.4, 0.5) is 0 Å². The van der Waals surface area contributed by atoms with E-state index >= 15 is 0 Å². The molecule has 3 rings (SSSR count). The maximum absolute atomic E-state index is 13.1. The number of carbonyl (C=O) groups excluding carboxylic acids is 4. The predicted molar refractivity (Wildman–Crippen MR) is 86.0 cm³/mol. The van der Waals surface area contributed by atoms with Crippen LogP contribution in [-0.4, -0.2) is 30.9 Å². The van der Waals surface area contributed by atoms with Gasteiger partial charge in [-0.05, 0) is 43.4 Å². The van der Waals surface area contributed by atoms with Crippen molar-refractivity contribution in [3.05, 3.63) is 0 Å². The Labute approximate surface area is 142 Å². The maximum Gasteiger partial charge on any atom is 0.319 e. The van der Waals surface area contributed by atoms with Gasteiger partial charge in [0.25, 0.3) is 0 Å². The van der Waals surface area contributed by atoms with Crippen molar-refractivity contribution in [3.8, 4) is 0 Å². The molecule has 0 heterocycles. The zero-order chi connectivity index (χ0) is 17.5. The molecule has 0 saturated heterocycles. The van der Waals surface area contributed by atoms with Crippen LogP contribution in [0, 0.1) is 28.6 Å². The second-order valence-electron chi connectivity index (χ2n) is 7.87. The van der Waals surface area contributed by atoms with Crippen molar-refractivity contribution in [1.82, 2.24) is 0 Å². The minimum absolute atomic E-state index is 0.0546. The van der Waals surface area contributed by atoms with Crippen LogP contribution in [0.25, 0.3) is 0 Å². The summed E-state index contributed by atoms with van der Waals surface area (Å²) in [6, 6.07) is 0. The number of aldehydes is 1. The molecule has 24 heavy (non-hydrogen) atoms. The van der Waals surface area contributed by atoms with Crippen molar-refractivity contribution < 1.29 is 23.9 Å². The number of esters is 1. The Balaban J connectivity index is 2.16. The molecule has 3 saturated carbocycles. The SMILES string of the molecule is COC(=O)[C@@]12C(=O)CCC[C@@H]1CC(=O)[C@@]1(C)[C@H](CC=O)CCC[C@H]12. The zero-order valence-electron chi connectivity index (χ0n) is 14.5. The minimum atomic E-state index is -1.18. The number of hydrogen-bond donors (Lipinski definition) is 0. The smallest absolute Gasteiger partial charge is 0.319 e. The molecule has 0 amide bonds. The second-order valence-corrected chi connectivity index (χ2v) is 7.87. The number of Topliss-reactive ketones (excluding diaryl/α,β-unsaturated/α-hetero) is 2. The zero-order valence-corrected chi connectivity index (χ0v) is 14.5. The molecular weight excluding hydrogens is 308 g/mol. The van der Waals surface area contributed by atoms with Gasteiger partial charge < -0.3 is 9.53 Å². The molecule has 3 aliphatic carbocycles. The second kappa shape index (κ2) is 6.08. The molecule has 5 heteroatoms. The summed E-state index contributed by atoms with van der Waals surface area (Å²) in [5.74, 6) is -1.06. The Morgan fingerprint density at radius 2 is 1.96 bits per heavy atom. The highest BCUT2D eigenvalue weighted by Gasteiger charge is 2.69. The van der Waals surface area contributed by atoms with E-state index in [9.17, 15) is 19.2 Å². The molecule has 0 unspecified atom stereocenters. The van der Waals surface area contributed by atoms with E-state index in [0.29, 0.717) is 19.3 Å². The monoisotopic (exact) mass is 334 g/mol. The average molecular weight is 334 g/mol. The Hall–Kier alpha value is -1.52. The lowest BCUT2D eigenvalue weighted by Gasteiger charge is -2.59. The van der Waals surface area contributed by atoms with Crippen LogP contribution in [0.1, 0.15) is 58.3 Å². The van der Waals surface area contributed by atoms with Crippen LogP contribution >= 0.6 is 0 Å². The Kier molecular flexibility index (Phi) is 4.39. The van der Waals surface area contributed by atoms with Gasteiger partial charge in [0.2, 0.25) is 0 Å². The number of carbonyl (C=O) groups is 4. The normalized spacial score (nSPS) is 42.0. The van der Waals surface area contributed by atoms with Crippen LogP contribution < -0.4 is 0 Å². The van der Waals surface area contributed by atoms with Crippen LogP contribution in [-0.2, 0) is 23.9 Å². The highest BCUT2D eigenvalue weighted by Crippen LogP contribution is 2.63. The molecule has 3 fully saturated rings. The lowest BCUT2D eigenvalue weighted by molar-refractivity contribution is -0.191. The van der Waals surface area contributed by atoms with Crippen molar-refractivity contribution >= 4 is 23.8 Å². The summed E-state index contributed by atoms with van der Waals surface area (Å²) in [6.45, 7) is 1.89.